The molecule has 1 aromatic carbocycles. The van der Waals surface area contributed by atoms with Gasteiger partial charge in [0.1, 0.15) is 5.75 Å². The highest BCUT2D eigenvalue weighted by atomic mass is 16.4. The maximum absolute atomic E-state index is 12.4. The summed E-state index contributed by atoms with van der Waals surface area (Å²) in [5.41, 5.74) is 0.481. The summed E-state index contributed by atoms with van der Waals surface area (Å²) in [4.78, 5) is 24.6. The number of carbonyl (C=O) groups excluding carboxylic acids is 1. The molecule has 0 bridgehead atoms. The number of carboxylic acids is 1. The Hall–Kier alpha value is -2.08. The topological polar surface area (TPSA) is 89.9 Å². The molecule has 114 valence electrons. The standard InChI is InChI=1S/C15H20N2O4/c18-13-5-1-4-12(7-13)15(21)17-6-2-3-11(10-17)8-16-9-14(19)20/h1,4-5,7,11,16,18H,2-3,6,8-10H2,(H,19,20). The van der Waals surface area contributed by atoms with Crippen LogP contribution in [-0.4, -0.2) is 53.2 Å². The van der Waals surface area contributed by atoms with Crippen molar-refractivity contribution in [2.24, 2.45) is 5.92 Å². The number of nitrogens with zero attached hydrogens (tertiary/aromatic N) is 1. The molecule has 0 saturated carbocycles. The number of piperidine rings is 1. The van der Waals surface area contributed by atoms with Crippen molar-refractivity contribution in [3.05, 3.63) is 29.8 Å². The lowest BCUT2D eigenvalue weighted by Gasteiger charge is -2.33. The van der Waals surface area contributed by atoms with Crippen LogP contribution in [0, 0.1) is 5.92 Å². The van der Waals surface area contributed by atoms with Crippen LogP contribution in [0.15, 0.2) is 24.3 Å². The zero-order valence-electron chi connectivity index (χ0n) is 11.8. The summed E-state index contributed by atoms with van der Waals surface area (Å²) in [6, 6.07) is 6.34. The average Bonchev–Trinajstić information content (AvgIpc) is 2.46. The summed E-state index contributed by atoms with van der Waals surface area (Å²) < 4.78 is 0. The summed E-state index contributed by atoms with van der Waals surface area (Å²) in [6.45, 7) is 1.85. The molecule has 1 aliphatic rings. The molecule has 1 unspecified atom stereocenters. The van der Waals surface area contributed by atoms with Gasteiger partial charge in [-0.2, -0.15) is 0 Å². The molecule has 21 heavy (non-hydrogen) atoms. The Bertz CT molecular complexity index is 518. The smallest absolute Gasteiger partial charge is 0.317 e. The quantitative estimate of drug-likeness (QED) is 0.751. The second-order valence-corrected chi connectivity index (χ2v) is 5.33. The van der Waals surface area contributed by atoms with Crippen LogP contribution in [0.1, 0.15) is 23.2 Å². The third-order valence-electron chi connectivity index (χ3n) is 3.61. The highest BCUT2D eigenvalue weighted by molar-refractivity contribution is 5.94. The van der Waals surface area contributed by atoms with Crippen molar-refractivity contribution < 1.29 is 19.8 Å². The van der Waals surface area contributed by atoms with Gasteiger partial charge >= 0.3 is 5.97 Å². The Labute approximate surface area is 123 Å². The molecule has 1 saturated heterocycles. The lowest BCUT2D eigenvalue weighted by atomic mass is 9.97. The van der Waals surface area contributed by atoms with Crippen LogP contribution in [0.2, 0.25) is 0 Å². The molecule has 0 aromatic heterocycles. The molecule has 0 radical (unpaired) electrons. The molecule has 1 amide bonds. The predicted molar refractivity (Wildman–Crippen MR) is 77.2 cm³/mol. The van der Waals surface area contributed by atoms with E-state index in [0.717, 1.165) is 12.8 Å². The van der Waals surface area contributed by atoms with Crippen molar-refractivity contribution >= 4 is 11.9 Å². The minimum absolute atomic E-state index is 0.0585. The molecule has 6 heteroatoms. The number of phenols is 1. The first-order valence-corrected chi connectivity index (χ1v) is 7.07. The summed E-state index contributed by atoms with van der Waals surface area (Å²) in [6.07, 6.45) is 1.89. The average molecular weight is 292 g/mol. The fourth-order valence-electron chi connectivity index (χ4n) is 2.62. The van der Waals surface area contributed by atoms with Crippen LogP contribution >= 0.6 is 0 Å². The fourth-order valence-corrected chi connectivity index (χ4v) is 2.62. The number of phenolic OH excluding ortho intramolecular Hbond substituents is 1. The van der Waals surface area contributed by atoms with E-state index in [9.17, 15) is 14.7 Å². The molecular formula is C15H20N2O4. The Kier molecular flexibility index (Phi) is 5.16. The van der Waals surface area contributed by atoms with E-state index in [1.807, 2.05) is 0 Å². The SMILES string of the molecule is O=C(O)CNCC1CCCN(C(=O)c2cccc(O)c2)C1. The third kappa shape index (κ3) is 4.46. The van der Waals surface area contributed by atoms with Crippen molar-refractivity contribution in [1.29, 1.82) is 0 Å². The number of rotatable bonds is 5. The Morgan fingerprint density at radius 2 is 2.19 bits per heavy atom. The van der Waals surface area contributed by atoms with Crippen molar-refractivity contribution in [3.8, 4) is 5.75 Å². The van der Waals surface area contributed by atoms with Gasteiger partial charge in [0.05, 0.1) is 6.54 Å². The van der Waals surface area contributed by atoms with Crippen LogP contribution in [0.5, 0.6) is 5.75 Å². The number of likely N-dealkylation sites (tertiary alicyclic amines) is 1. The lowest BCUT2D eigenvalue weighted by Crippen LogP contribution is -2.43. The van der Waals surface area contributed by atoms with Crippen molar-refractivity contribution in [1.82, 2.24) is 10.2 Å². The second-order valence-electron chi connectivity index (χ2n) is 5.33. The van der Waals surface area contributed by atoms with Gasteiger partial charge < -0.3 is 20.4 Å². The van der Waals surface area contributed by atoms with E-state index in [4.69, 9.17) is 5.11 Å². The highest BCUT2D eigenvalue weighted by Crippen LogP contribution is 2.19. The molecule has 3 N–H and O–H groups in total. The highest BCUT2D eigenvalue weighted by Gasteiger charge is 2.24. The van der Waals surface area contributed by atoms with Crippen LogP contribution in [0.3, 0.4) is 0 Å². The second kappa shape index (κ2) is 7.08. The summed E-state index contributed by atoms with van der Waals surface area (Å²) in [5.74, 6) is -0.621. The normalized spacial score (nSPS) is 18.5. The van der Waals surface area contributed by atoms with Gasteiger partial charge in [0.15, 0.2) is 0 Å². The summed E-state index contributed by atoms with van der Waals surface area (Å²) in [7, 11) is 0. The van der Waals surface area contributed by atoms with Crippen LogP contribution in [0.25, 0.3) is 0 Å². The van der Waals surface area contributed by atoms with Gasteiger partial charge in [0.2, 0.25) is 0 Å². The predicted octanol–water partition coefficient (Wildman–Crippen LogP) is 0.919. The van der Waals surface area contributed by atoms with Gasteiger partial charge in [-0.05, 0) is 37.0 Å². The monoisotopic (exact) mass is 292 g/mol. The molecule has 1 fully saturated rings. The minimum Gasteiger partial charge on any atom is -0.508 e. The molecule has 0 spiro atoms. The first kappa shape index (κ1) is 15.3. The first-order chi connectivity index (χ1) is 10.1. The van der Waals surface area contributed by atoms with Crippen LogP contribution in [0.4, 0.5) is 0 Å². The van der Waals surface area contributed by atoms with E-state index in [0.29, 0.717) is 25.2 Å². The van der Waals surface area contributed by atoms with Gasteiger partial charge in [0.25, 0.3) is 5.91 Å². The molecule has 1 aromatic rings. The fraction of sp³-hybridized carbons (Fsp3) is 0.467. The van der Waals surface area contributed by atoms with Crippen LogP contribution in [-0.2, 0) is 4.79 Å². The number of carbonyl (C=O) groups is 2. The van der Waals surface area contributed by atoms with E-state index in [2.05, 4.69) is 5.32 Å². The summed E-state index contributed by atoms with van der Waals surface area (Å²) >= 11 is 0. The number of hydrogen-bond donors (Lipinski definition) is 3. The van der Waals surface area contributed by atoms with Gasteiger partial charge in [-0.1, -0.05) is 6.07 Å². The lowest BCUT2D eigenvalue weighted by molar-refractivity contribution is -0.136. The molecule has 0 aliphatic carbocycles. The van der Waals surface area contributed by atoms with Gasteiger partial charge in [-0.25, -0.2) is 0 Å². The van der Waals surface area contributed by atoms with Crippen molar-refractivity contribution in [2.45, 2.75) is 12.8 Å². The van der Waals surface area contributed by atoms with E-state index < -0.39 is 5.97 Å². The molecular weight excluding hydrogens is 272 g/mol. The van der Waals surface area contributed by atoms with E-state index in [1.165, 1.54) is 12.1 Å². The largest absolute Gasteiger partial charge is 0.508 e. The molecule has 1 heterocycles. The molecule has 1 atom stereocenters. The molecule has 6 nitrogen and oxygen atoms in total. The first-order valence-electron chi connectivity index (χ1n) is 7.07. The van der Waals surface area contributed by atoms with E-state index >= 15 is 0 Å². The number of aromatic hydroxyl groups is 1. The number of nitrogens with one attached hydrogen (secondary N) is 1. The number of amides is 1. The Balaban J connectivity index is 1.91. The zero-order valence-corrected chi connectivity index (χ0v) is 11.8. The Morgan fingerprint density at radius 1 is 1.38 bits per heavy atom. The third-order valence-corrected chi connectivity index (χ3v) is 3.61. The number of carboxylic acid groups (broad SMARTS) is 1. The number of aliphatic carboxylic acids is 1. The van der Waals surface area contributed by atoms with Crippen molar-refractivity contribution in [2.75, 3.05) is 26.2 Å². The van der Waals surface area contributed by atoms with Gasteiger partial charge in [-0.15, -0.1) is 0 Å². The van der Waals surface area contributed by atoms with Crippen molar-refractivity contribution in [3.63, 3.8) is 0 Å². The Morgan fingerprint density at radius 3 is 2.90 bits per heavy atom. The van der Waals surface area contributed by atoms with Gasteiger partial charge in [0, 0.05) is 25.2 Å². The van der Waals surface area contributed by atoms with E-state index in [1.54, 1.807) is 17.0 Å². The van der Waals surface area contributed by atoms with E-state index in [-0.39, 0.29) is 24.1 Å². The minimum atomic E-state index is -0.876. The number of hydrogen-bond acceptors (Lipinski definition) is 4. The maximum atomic E-state index is 12.4. The molecule has 2 rings (SSSR count). The summed E-state index contributed by atoms with van der Waals surface area (Å²) in [5, 5.41) is 20.9. The maximum Gasteiger partial charge on any atom is 0.317 e. The number of benzene rings is 1. The van der Waals surface area contributed by atoms with Gasteiger partial charge in [-0.3, -0.25) is 9.59 Å². The zero-order chi connectivity index (χ0) is 15.2. The van der Waals surface area contributed by atoms with Crippen LogP contribution < -0.4 is 5.32 Å². The molecule has 1 aliphatic heterocycles.